The number of allylic oxidation sites excluding steroid dienone is 5. The van der Waals surface area contributed by atoms with Gasteiger partial charge in [-0.2, -0.15) is 0 Å². The Labute approximate surface area is 166 Å². The Balaban J connectivity index is 2.08. The van der Waals surface area contributed by atoms with Gasteiger partial charge in [-0.1, -0.05) is 31.2 Å². The first-order chi connectivity index (χ1) is 13.2. The van der Waals surface area contributed by atoms with Crippen molar-refractivity contribution >= 4 is 11.7 Å². The van der Waals surface area contributed by atoms with Gasteiger partial charge in [0, 0.05) is 17.9 Å². The number of nitrogens with one attached hydrogen (secondary N) is 1. The summed E-state index contributed by atoms with van der Waals surface area (Å²) in [7, 11) is 0. The number of aliphatic hydroxyl groups is 3. The third-order valence-corrected chi connectivity index (χ3v) is 6.97. The lowest BCUT2D eigenvalue weighted by Crippen LogP contribution is -2.46. The third kappa shape index (κ3) is 3.22. The first-order valence-corrected chi connectivity index (χ1v) is 10.1. The zero-order chi connectivity index (χ0) is 20.6. The highest BCUT2D eigenvalue weighted by Crippen LogP contribution is 2.56. The van der Waals surface area contributed by atoms with E-state index in [1.165, 1.54) is 6.92 Å². The monoisotopic (exact) mass is 389 g/mol. The fourth-order valence-electron chi connectivity index (χ4n) is 5.31. The highest BCUT2D eigenvalue weighted by atomic mass is 16.3. The van der Waals surface area contributed by atoms with Gasteiger partial charge >= 0.3 is 0 Å². The smallest absolute Gasteiger partial charge is 0.259 e. The lowest BCUT2D eigenvalue weighted by molar-refractivity contribution is -0.118. The summed E-state index contributed by atoms with van der Waals surface area (Å²) in [6, 6.07) is -1.02. The normalized spacial score (nSPS) is 41.1. The van der Waals surface area contributed by atoms with Crippen LogP contribution in [0.1, 0.15) is 40.0 Å². The number of carbonyl (C=O) groups is 2. The molecule has 0 radical (unpaired) electrons. The van der Waals surface area contributed by atoms with E-state index in [-0.39, 0.29) is 41.6 Å². The van der Waals surface area contributed by atoms with Crippen molar-refractivity contribution in [2.24, 2.45) is 29.1 Å². The van der Waals surface area contributed by atoms with E-state index in [2.05, 4.69) is 11.4 Å². The van der Waals surface area contributed by atoms with Crippen LogP contribution in [0, 0.1) is 29.1 Å². The maximum Gasteiger partial charge on any atom is 0.259 e. The standard InChI is InChI=1S/C22H31NO5/c1-4-5-15-8-7-14-10-13(11-24)6-9-16(14)22(15,3)20(27)17-19(26)18(12(2)25)23-21(17)28/h4-5,7-8,12-16,18,24-25,27H,6,9-11H2,1-3H3,(H,23,28)/b5-4+,20-17+/t12-,13-,14-,15-,16-,18+,22-/m1/s1. The summed E-state index contributed by atoms with van der Waals surface area (Å²) >= 11 is 0. The lowest BCUT2D eigenvalue weighted by atomic mass is 9.54. The van der Waals surface area contributed by atoms with E-state index in [0.29, 0.717) is 0 Å². The van der Waals surface area contributed by atoms with Crippen molar-refractivity contribution in [2.45, 2.75) is 52.2 Å². The van der Waals surface area contributed by atoms with Gasteiger partial charge in [-0.15, -0.1) is 0 Å². The Hall–Kier alpha value is -1.92. The first-order valence-electron chi connectivity index (χ1n) is 10.1. The van der Waals surface area contributed by atoms with Crippen LogP contribution >= 0.6 is 0 Å². The maximum atomic E-state index is 12.8. The molecule has 1 saturated carbocycles. The van der Waals surface area contributed by atoms with Crippen molar-refractivity contribution in [3.63, 3.8) is 0 Å². The zero-order valence-electron chi connectivity index (χ0n) is 16.8. The molecule has 0 unspecified atom stereocenters. The van der Waals surface area contributed by atoms with E-state index in [0.717, 1.165) is 19.3 Å². The number of hydrogen-bond acceptors (Lipinski definition) is 5. The SMILES string of the molecule is C/C=C/[C@@H]1C=C[C@@H]2C[C@H](CO)CC[C@H]2[C@]1(C)/C(O)=C1\C(=O)N[C@@H]([C@@H](C)O)C1=O. The van der Waals surface area contributed by atoms with Crippen LogP contribution < -0.4 is 5.32 Å². The van der Waals surface area contributed by atoms with Gasteiger partial charge in [-0.3, -0.25) is 9.59 Å². The molecular weight excluding hydrogens is 358 g/mol. The van der Waals surface area contributed by atoms with Crippen LogP contribution in [0.4, 0.5) is 0 Å². The molecule has 1 saturated heterocycles. The molecule has 3 rings (SSSR count). The second kappa shape index (κ2) is 7.84. The Bertz CT molecular complexity index is 737. The summed E-state index contributed by atoms with van der Waals surface area (Å²) in [6.07, 6.45) is 9.56. The molecule has 0 aromatic heterocycles. The second-order valence-corrected chi connectivity index (χ2v) is 8.63. The molecular formula is C22H31NO5. The van der Waals surface area contributed by atoms with E-state index >= 15 is 0 Å². The average Bonchev–Trinajstić information content (AvgIpc) is 2.97. The molecule has 3 aliphatic rings. The molecule has 0 spiro atoms. The Morgan fingerprint density at radius 3 is 2.64 bits per heavy atom. The molecule has 1 amide bonds. The molecule has 0 aromatic carbocycles. The molecule has 6 nitrogen and oxygen atoms in total. The van der Waals surface area contributed by atoms with E-state index in [1.54, 1.807) is 0 Å². The summed E-state index contributed by atoms with van der Waals surface area (Å²) in [5.74, 6) is -1.03. The minimum absolute atomic E-state index is 0.0557. The van der Waals surface area contributed by atoms with Gasteiger partial charge in [-0.25, -0.2) is 0 Å². The molecule has 0 aromatic rings. The summed E-state index contributed by atoms with van der Waals surface area (Å²) < 4.78 is 0. The summed E-state index contributed by atoms with van der Waals surface area (Å²) in [4.78, 5) is 25.3. The Morgan fingerprint density at radius 2 is 2.07 bits per heavy atom. The van der Waals surface area contributed by atoms with Crippen LogP contribution in [0.5, 0.6) is 0 Å². The van der Waals surface area contributed by atoms with Gasteiger partial charge in [-0.05, 0) is 50.9 Å². The fraction of sp³-hybridized carbons (Fsp3) is 0.636. The van der Waals surface area contributed by atoms with Crippen LogP contribution in [0.25, 0.3) is 0 Å². The molecule has 6 heteroatoms. The minimum Gasteiger partial charge on any atom is -0.511 e. The number of Topliss-reactive ketones (excluding diaryl/α,β-unsaturated/α-hetero) is 1. The topological polar surface area (TPSA) is 107 Å². The van der Waals surface area contributed by atoms with E-state index in [4.69, 9.17) is 0 Å². The molecule has 1 heterocycles. The van der Waals surface area contributed by atoms with E-state index in [9.17, 15) is 24.9 Å². The van der Waals surface area contributed by atoms with Crippen molar-refractivity contribution in [3.05, 3.63) is 35.6 Å². The van der Waals surface area contributed by atoms with Gasteiger partial charge in [0.15, 0.2) is 5.78 Å². The molecule has 7 atom stereocenters. The van der Waals surface area contributed by atoms with Gasteiger partial charge < -0.3 is 20.6 Å². The quantitative estimate of drug-likeness (QED) is 0.255. The number of hydrogen-bond donors (Lipinski definition) is 4. The number of fused-ring (bicyclic) bond motifs is 1. The highest BCUT2D eigenvalue weighted by molar-refractivity contribution is 6.27. The van der Waals surface area contributed by atoms with Crippen molar-refractivity contribution in [2.75, 3.05) is 6.61 Å². The third-order valence-electron chi connectivity index (χ3n) is 6.97. The Morgan fingerprint density at radius 1 is 1.36 bits per heavy atom. The summed E-state index contributed by atoms with van der Waals surface area (Å²) in [6.45, 7) is 5.43. The minimum atomic E-state index is -1.03. The van der Waals surface area contributed by atoms with E-state index in [1.807, 2.05) is 32.1 Å². The van der Waals surface area contributed by atoms with Crippen LogP contribution in [-0.4, -0.2) is 45.8 Å². The highest BCUT2D eigenvalue weighted by Gasteiger charge is 2.53. The molecule has 0 bridgehead atoms. The number of carbonyl (C=O) groups excluding carboxylic acids is 2. The van der Waals surface area contributed by atoms with Crippen molar-refractivity contribution in [1.82, 2.24) is 5.32 Å². The number of rotatable bonds is 4. The second-order valence-electron chi connectivity index (χ2n) is 8.63. The number of ketones is 1. The van der Waals surface area contributed by atoms with Crippen molar-refractivity contribution in [3.8, 4) is 0 Å². The zero-order valence-corrected chi connectivity index (χ0v) is 16.8. The van der Waals surface area contributed by atoms with Crippen LogP contribution in [0.3, 0.4) is 0 Å². The number of amides is 1. The van der Waals surface area contributed by atoms with Crippen LogP contribution in [-0.2, 0) is 9.59 Å². The molecule has 28 heavy (non-hydrogen) atoms. The predicted octanol–water partition coefficient (Wildman–Crippen LogP) is 2.04. The van der Waals surface area contributed by atoms with Gasteiger partial charge in [0.25, 0.3) is 5.91 Å². The molecule has 1 aliphatic heterocycles. The first kappa shape index (κ1) is 20.8. The molecule has 2 aliphatic carbocycles. The summed E-state index contributed by atoms with van der Waals surface area (Å²) in [5.41, 5.74) is -1.02. The van der Waals surface area contributed by atoms with Crippen molar-refractivity contribution < 1.29 is 24.9 Å². The maximum absolute atomic E-state index is 12.8. The van der Waals surface area contributed by atoms with Crippen LogP contribution in [0.2, 0.25) is 0 Å². The Kier molecular flexibility index (Phi) is 5.82. The number of aliphatic hydroxyl groups excluding tert-OH is 3. The van der Waals surface area contributed by atoms with Gasteiger partial charge in [0.1, 0.15) is 17.4 Å². The van der Waals surface area contributed by atoms with E-state index < -0.39 is 29.3 Å². The molecule has 2 fully saturated rings. The molecule has 4 N–H and O–H groups in total. The largest absolute Gasteiger partial charge is 0.511 e. The molecule has 154 valence electrons. The lowest BCUT2D eigenvalue weighted by Gasteiger charge is -2.50. The fourth-order valence-corrected chi connectivity index (χ4v) is 5.31. The summed E-state index contributed by atoms with van der Waals surface area (Å²) in [5, 5.41) is 33.2. The van der Waals surface area contributed by atoms with Gasteiger partial charge in [0.2, 0.25) is 0 Å². The average molecular weight is 389 g/mol. The van der Waals surface area contributed by atoms with Crippen LogP contribution in [0.15, 0.2) is 35.6 Å². The van der Waals surface area contributed by atoms with Gasteiger partial charge in [0.05, 0.1) is 6.10 Å². The van der Waals surface area contributed by atoms with Crippen molar-refractivity contribution in [1.29, 1.82) is 0 Å². The predicted molar refractivity (Wildman–Crippen MR) is 105 cm³/mol.